The number of aliphatic hydroxyl groups excluding tert-OH is 1. The molecule has 1 saturated heterocycles. The lowest BCUT2D eigenvalue weighted by molar-refractivity contribution is 0.0919. The molecule has 0 aromatic heterocycles. The molecule has 2 unspecified atom stereocenters. The number of nitrogens with one attached hydrogen (secondary N) is 2. The average molecular weight is 326 g/mol. The van der Waals surface area contributed by atoms with Gasteiger partial charge in [-0.1, -0.05) is 6.92 Å². The fourth-order valence-corrected chi connectivity index (χ4v) is 3.11. The highest BCUT2D eigenvalue weighted by Gasteiger charge is 2.29. The van der Waals surface area contributed by atoms with Crippen LogP contribution in [0.1, 0.15) is 39.5 Å². The molecule has 134 valence electrons. The number of carbonyl (C=O) groups is 1. The predicted molar refractivity (Wildman–Crippen MR) is 92.5 cm³/mol. The summed E-state index contributed by atoms with van der Waals surface area (Å²) in [5, 5.41) is 15.7. The van der Waals surface area contributed by atoms with Gasteiger partial charge >= 0.3 is 6.03 Å². The second-order valence-corrected chi connectivity index (χ2v) is 7.47. The van der Waals surface area contributed by atoms with Gasteiger partial charge < -0.3 is 20.6 Å². The van der Waals surface area contributed by atoms with Crippen LogP contribution in [-0.2, 0) is 0 Å². The van der Waals surface area contributed by atoms with E-state index in [2.05, 4.69) is 41.3 Å². The summed E-state index contributed by atoms with van der Waals surface area (Å²) in [6, 6.07) is 0.852. The number of hydrogen-bond acceptors (Lipinski definition) is 4. The van der Waals surface area contributed by atoms with Crippen molar-refractivity contribution in [3.8, 4) is 0 Å². The van der Waals surface area contributed by atoms with Crippen LogP contribution in [0.25, 0.3) is 0 Å². The van der Waals surface area contributed by atoms with E-state index in [4.69, 9.17) is 0 Å². The lowest BCUT2D eigenvalue weighted by atomic mass is 9.99. The van der Waals surface area contributed by atoms with E-state index in [9.17, 15) is 9.90 Å². The summed E-state index contributed by atoms with van der Waals surface area (Å²) in [4.78, 5) is 16.4. The van der Waals surface area contributed by atoms with E-state index in [1.807, 2.05) is 0 Å². The molecular weight excluding hydrogens is 292 g/mol. The fraction of sp³-hybridized carbons (Fsp3) is 0.941. The molecule has 0 bridgehead atoms. The number of aliphatic hydroxyl groups is 1. The molecule has 1 heterocycles. The minimum atomic E-state index is -0.499. The molecule has 3 N–H and O–H groups in total. The first-order chi connectivity index (χ1) is 11.0. The van der Waals surface area contributed by atoms with Gasteiger partial charge in [0.05, 0.1) is 6.10 Å². The molecule has 1 aliphatic heterocycles. The third-order valence-corrected chi connectivity index (χ3v) is 5.22. The van der Waals surface area contributed by atoms with Crippen molar-refractivity contribution in [1.82, 2.24) is 20.4 Å². The van der Waals surface area contributed by atoms with Crippen LogP contribution in [0.4, 0.5) is 4.79 Å². The molecule has 1 aliphatic carbocycles. The van der Waals surface area contributed by atoms with Crippen molar-refractivity contribution in [1.29, 1.82) is 0 Å². The zero-order chi connectivity index (χ0) is 16.8. The maximum Gasteiger partial charge on any atom is 0.314 e. The number of nitrogens with zero attached hydrogens (tertiary/aromatic N) is 2. The summed E-state index contributed by atoms with van der Waals surface area (Å²) in [6.07, 6.45) is 4.45. The standard InChI is InChI=1S/C17H34N4O2/c1-13-6-8-21(9-7-13)12-16(22)11-19-17(23)18-10-14(2)20(3)15-4-5-15/h13-16,22H,4-12H2,1-3H3,(H2,18,19,23). The molecule has 2 rings (SSSR count). The molecule has 1 saturated carbocycles. The van der Waals surface area contributed by atoms with Crippen molar-refractivity contribution < 1.29 is 9.90 Å². The molecule has 2 amide bonds. The molecule has 6 heteroatoms. The first-order valence-electron chi connectivity index (χ1n) is 9.09. The van der Waals surface area contributed by atoms with Crippen LogP contribution in [0.2, 0.25) is 0 Å². The van der Waals surface area contributed by atoms with Gasteiger partial charge in [0.2, 0.25) is 0 Å². The highest BCUT2D eigenvalue weighted by Crippen LogP contribution is 2.26. The van der Waals surface area contributed by atoms with Crippen LogP contribution in [0.15, 0.2) is 0 Å². The Kier molecular flexibility index (Phi) is 7.11. The summed E-state index contributed by atoms with van der Waals surface area (Å²) < 4.78 is 0. The van der Waals surface area contributed by atoms with Crippen molar-refractivity contribution in [2.75, 3.05) is 39.8 Å². The third kappa shape index (κ3) is 6.65. The number of rotatable bonds is 8. The van der Waals surface area contributed by atoms with Crippen LogP contribution in [-0.4, -0.2) is 78.9 Å². The van der Waals surface area contributed by atoms with Crippen LogP contribution >= 0.6 is 0 Å². The number of hydrogen-bond donors (Lipinski definition) is 3. The van der Waals surface area contributed by atoms with E-state index in [1.54, 1.807) is 0 Å². The second kappa shape index (κ2) is 8.85. The van der Waals surface area contributed by atoms with Crippen LogP contribution in [0, 0.1) is 5.92 Å². The van der Waals surface area contributed by atoms with E-state index in [-0.39, 0.29) is 6.03 Å². The highest BCUT2D eigenvalue weighted by molar-refractivity contribution is 5.73. The molecule has 0 aromatic rings. The SMILES string of the molecule is CC1CCN(CC(O)CNC(=O)NCC(C)N(C)C2CC2)CC1. The summed E-state index contributed by atoms with van der Waals surface area (Å²) in [5.41, 5.74) is 0. The number of amides is 2. The summed E-state index contributed by atoms with van der Waals surface area (Å²) in [6.45, 7) is 8.11. The summed E-state index contributed by atoms with van der Waals surface area (Å²) in [7, 11) is 2.12. The van der Waals surface area contributed by atoms with Crippen LogP contribution in [0.3, 0.4) is 0 Å². The first-order valence-corrected chi connectivity index (χ1v) is 9.09. The molecule has 0 spiro atoms. The molecule has 23 heavy (non-hydrogen) atoms. The van der Waals surface area contributed by atoms with Crippen molar-refractivity contribution >= 4 is 6.03 Å². The van der Waals surface area contributed by atoms with Crippen LogP contribution in [0.5, 0.6) is 0 Å². The average Bonchev–Trinajstić information content (AvgIpc) is 3.37. The third-order valence-electron chi connectivity index (χ3n) is 5.22. The zero-order valence-electron chi connectivity index (χ0n) is 14.9. The number of carbonyl (C=O) groups excluding carboxylic acids is 1. The first kappa shape index (κ1) is 18.5. The van der Waals surface area contributed by atoms with E-state index in [0.29, 0.717) is 31.7 Å². The highest BCUT2D eigenvalue weighted by atomic mass is 16.3. The van der Waals surface area contributed by atoms with Gasteiger partial charge in [0, 0.05) is 31.7 Å². The van der Waals surface area contributed by atoms with Gasteiger partial charge in [-0.2, -0.15) is 0 Å². The molecule has 2 fully saturated rings. The maximum absolute atomic E-state index is 11.8. The van der Waals surface area contributed by atoms with Crippen molar-refractivity contribution in [3.05, 3.63) is 0 Å². The maximum atomic E-state index is 11.8. The van der Waals surface area contributed by atoms with Crippen molar-refractivity contribution in [3.63, 3.8) is 0 Å². The molecular formula is C17H34N4O2. The monoisotopic (exact) mass is 326 g/mol. The van der Waals surface area contributed by atoms with Crippen molar-refractivity contribution in [2.24, 2.45) is 5.92 Å². The molecule has 0 aromatic carbocycles. The Bertz CT molecular complexity index is 368. The Hall–Kier alpha value is -0.850. The fourth-order valence-electron chi connectivity index (χ4n) is 3.11. The van der Waals surface area contributed by atoms with Gasteiger partial charge in [0.15, 0.2) is 0 Å². The minimum Gasteiger partial charge on any atom is -0.390 e. The van der Waals surface area contributed by atoms with Gasteiger partial charge in [-0.15, -0.1) is 0 Å². The Morgan fingerprint density at radius 3 is 2.43 bits per heavy atom. The van der Waals surface area contributed by atoms with E-state index < -0.39 is 6.10 Å². The Morgan fingerprint density at radius 2 is 1.83 bits per heavy atom. The smallest absolute Gasteiger partial charge is 0.314 e. The molecule has 2 atom stereocenters. The quantitative estimate of drug-likeness (QED) is 0.619. The molecule has 6 nitrogen and oxygen atoms in total. The molecule has 2 aliphatic rings. The van der Waals surface area contributed by atoms with Gasteiger partial charge in [-0.25, -0.2) is 4.79 Å². The molecule has 0 radical (unpaired) electrons. The number of likely N-dealkylation sites (tertiary alicyclic amines) is 1. The van der Waals surface area contributed by atoms with Gasteiger partial charge in [-0.05, 0) is 58.7 Å². The number of likely N-dealkylation sites (N-methyl/N-ethyl adjacent to an activating group) is 1. The summed E-state index contributed by atoms with van der Waals surface area (Å²) >= 11 is 0. The lowest BCUT2D eigenvalue weighted by Gasteiger charge is -2.31. The normalized spacial score (nSPS) is 22.8. The van der Waals surface area contributed by atoms with Crippen LogP contribution < -0.4 is 10.6 Å². The number of β-amino-alcohol motifs (C(OH)–C–C–N with tert-alkyl or cyclic N) is 1. The zero-order valence-corrected chi connectivity index (χ0v) is 14.9. The van der Waals surface area contributed by atoms with Gasteiger partial charge in [-0.3, -0.25) is 4.90 Å². The van der Waals surface area contributed by atoms with Crippen molar-refractivity contribution in [2.45, 2.75) is 57.7 Å². The summed E-state index contributed by atoms with van der Waals surface area (Å²) in [5.74, 6) is 0.794. The van der Waals surface area contributed by atoms with Gasteiger partial charge in [0.1, 0.15) is 0 Å². The van der Waals surface area contributed by atoms with E-state index >= 15 is 0 Å². The Morgan fingerprint density at radius 1 is 1.22 bits per heavy atom. The van der Waals surface area contributed by atoms with E-state index in [1.165, 1.54) is 25.7 Å². The second-order valence-electron chi connectivity index (χ2n) is 7.47. The Labute approximate surface area is 140 Å². The minimum absolute atomic E-state index is 0.188. The van der Waals surface area contributed by atoms with Gasteiger partial charge in [0.25, 0.3) is 0 Å². The van der Waals surface area contributed by atoms with E-state index in [0.717, 1.165) is 19.0 Å². The lowest BCUT2D eigenvalue weighted by Crippen LogP contribution is -2.48. The predicted octanol–water partition coefficient (Wildman–Crippen LogP) is 0.861. The Balaban J connectivity index is 1.54. The number of piperidine rings is 1. The topological polar surface area (TPSA) is 67.8 Å². The number of urea groups is 1. The largest absolute Gasteiger partial charge is 0.390 e.